The molecule has 4 nitrogen and oxygen atoms in total. The molecule has 124 valence electrons. The first-order valence-corrected chi connectivity index (χ1v) is 7.80. The number of anilines is 1. The number of carbonyl (C=O) groups is 1. The van der Waals surface area contributed by atoms with Crippen LogP contribution >= 0.6 is 0 Å². The van der Waals surface area contributed by atoms with Crippen molar-refractivity contribution in [1.82, 2.24) is 4.90 Å². The standard InChI is InChI=1S/C18H16F2N2O2/c19-18(20)24-15-4-2-1-3-11(15)12-7-8-22-16(12)14-9-10(21)5-6-13(14)17(22)23/h1-6,9,12,16,18H,7-8,21H2. The largest absolute Gasteiger partial charge is 0.435 e. The molecule has 1 fully saturated rings. The average molecular weight is 330 g/mol. The molecule has 2 heterocycles. The van der Waals surface area contributed by atoms with E-state index in [-0.39, 0.29) is 23.6 Å². The van der Waals surface area contributed by atoms with Gasteiger partial charge >= 0.3 is 6.61 Å². The van der Waals surface area contributed by atoms with Gasteiger partial charge in [-0.3, -0.25) is 4.79 Å². The van der Waals surface area contributed by atoms with Gasteiger partial charge < -0.3 is 15.4 Å². The van der Waals surface area contributed by atoms with E-state index in [0.29, 0.717) is 29.8 Å². The number of benzene rings is 2. The fraction of sp³-hybridized carbons (Fsp3) is 0.278. The third-order valence-electron chi connectivity index (χ3n) is 4.82. The van der Waals surface area contributed by atoms with Crippen LogP contribution in [0, 0.1) is 0 Å². The summed E-state index contributed by atoms with van der Waals surface area (Å²) in [6.45, 7) is -2.29. The molecule has 1 saturated heterocycles. The number of fused-ring (bicyclic) bond motifs is 3. The second kappa shape index (κ2) is 5.47. The predicted molar refractivity (Wildman–Crippen MR) is 85.1 cm³/mol. The van der Waals surface area contributed by atoms with Crippen LogP contribution in [0.5, 0.6) is 5.75 Å². The van der Waals surface area contributed by atoms with E-state index < -0.39 is 6.61 Å². The van der Waals surface area contributed by atoms with Gasteiger partial charge in [-0.2, -0.15) is 8.78 Å². The van der Waals surface area contributed by atoms with E-state index in [1.54, 1.807) is 41.3 Å². The SMILES string of the molecule is Nc1ccc2c(c1)C1C(c3ccccc3OC(F)F)CCN1C2=O. The molecule has 24 heavy (non-hydrogen) atoms. The summed E-state index contributed by atoms with van der Waals surface area (Å²) in [5.41, 5.74) is 8.69. The van der Waals surface area contributed by atoms with Crippen molar-refractivity contribution in [3.05, 3.63) is 59.2 Å². The number of para-hydroxylation sites is 1. The summed E-state index contributed by atoms with van der Waals surface area (Å²) in [4.78, 5) is 14.4. The van der Waals surface area contributed by atoms with E-state index in [9.17, 15) is 13.6 Å². The lowest BCUT2D eigenvalue weighted by atomic mass is 9.87. The van der Waals surface area contributed by atoms with Crippen molar-refractivity contribution < 1.29 is 18.3 Å². The zero-order valence-corrected chi connectivity index (χ0v) is 12.8. The van der Waals surface area contributed by atoms with E-state index in [4.69, 9.17) is 5.73 Å². The molecule has 2 N–H and O–H groups in total. The number of nitrogen functional groups attached to an aromatic ring is 1. The minimum atomic E-state index is -2.88. The van der Waals surface area contributed by atoms with Gasteiger partial charge in [0.2, 0.25) is 0 Å². The van der Waals surface area contributed by atoms with E-state index in [2.05, 4.69) is 4.74 Å². The molecule has 2 aliphatic heterocycles. The van der Waals surface area contributed by atoms with Crippen LogP contribution in [0.3, 0.4) is 0 Å². The first kappa shape index (κ1) is 14.9. The molecule has 1 amide bonds. The van der Waals surface area contributed by atoms with Gasteiger partial charge in [-0.25, -0.2) is 0 Å². The highest BCUT2D eigenvalue weighted by atomic mass is 19.3. The van der Waals surface area contributed by atoms with Gasteiger partial charge in [-0.1, -0.05) is 18.2 Å². The third-order valence-corrected chi connectivity index (χ3v) is 4.82. The maximum Gasteiger partial charge on any atom is 0.387 e. The number of alkyl halides is 2. The number of nitrogens with zero attached hydrogens (tertiary/aromatic N) is 1. The Morgan fingerprint density at radius 3 is 2.75 bits per heavy atom. The molecule has 2 aromatic rings. The maximum absolute atomic E-state index is 12.7. The number of hydrogen-bond acceptors (Lipinski definition) is 3. The molecule has 2 atom stereocenters. The summed E-state index contributed by atoms with van der Waals surface area (Å²) in [6, 6.07) is 11.9. The van der Waals surface area contributed by atoms with Crippen molar-refractivity contribution >= 4 is 11.6 Å². The van der Waals surface area contributed by atoms with Crippen molar-refractivity contribution in [2.45, 2.75) is 25.0 Å². The van der Waals surface area contributed by atoms with E-state index >= 15 is 0 Å². The van der Waals surface area contributed by atoms with Crippen molar-refractivity contribution in [3.8, 4) is 5.75 Å². The molecule has 2 aromatic carbocycles. The van der Waals surface area contributed by atoms with Crippen LogP contribution in [0.2, 0.25) is 0 Å². The molecular weight excluding hydrogens is 314 g/mol. The molecule has 0 spiro atoms. The van der Waals surface area contributed by atoms with Gasteiger partial charge in [-0.05, 0) is 41.8 Å². The Morgan fingerprint density at radius 2 is 1.96 bits per heavy atom. The van der Waals surface area contributed by atoms with Crippen molar-refractivity contribution in [2.75, 3.05) is 12.3 Å². The van der Waals surface area contributed by atoms with E-state index in [1.165, 1.54) is 0 Å². The summed E-state index contributed by atoms with van der Waals surface area (Å²) in [5, 5.41) is 0. The van der Waals surface area contributed by atoms with Gasteiger partial charge in [0.25, 0.3) is 5.91 Å². The number of halogens is 2. The van der Waals surface area contributed by atoms with Crippen LogP contribution in [0.15, 0.2) is 42.5 Å². The molecule has 0 bridgehead atoms. The summed E-state index contributed by atoms with van der Waals surface area (Å²) in [7, 11) is 0. The summed E-state index contributed by atoms with van der Waals surface area (Å²) < 4.78 is 30.1. The second-order valence-corrected chi connectivity index (χ2v) is 6.10. The van der Waals surface area contributed by atoms with Crippen molar-refractivity contribution in [1.29, 1.82) is 0 Å². The molecule has 0 aromatic heterocycles. The maximum atomic E-state index is 12.7. The third kappa shape index (κ3) is 2.21. The zero-order chi connectivity index (χ0) is 16.8. The van der Waals surface area contributed by atoms with Gasteiger partial charge in [0, 0.05) is 23.7 Å². The van der Waals surface area contributed by atoms with Crippen LogP contribution in [-0.2, 0) is 0 Å². The smallest absolute Gasteiger partial charge is 0.387 e. The van der Waals surface area contributed by atoms with E-state index in [1.807, 2.05) is 6.07 Å². The van der Waals surface area contributed by atoms with Crippen LogP contribution in [0.4, 0.5) is 14.5 Å². The summed E-state index contributed by atoms with van der Waals surface area (Å²) in [6.07, 6.45) is 0.703. The Bertz CT molecular complexity index is 809. The van der Waals surface area contributed by atoms with Crippen LogP contribution in [0.1, 0.15) is 39.9 Å². The number of rotatable bonds is 3. The topological polar surface area (TPSA) is 55.6 Å². The number of carbonyl (C=O) groups excluding carboxylic acids is 1. The minimum absolute atomic E-state index is 0.0234. The highest BCUT2D eigenvalue weighted by Crippen LogP contribution is 2.51. The zero-order valence-electron chi connectivity index (χ0n) is 12.8. The average Bonchev–Trinajstić information content (AvgIpc) is 3.08. The minimum Gasteiger partial charge on any atom is -0.435 e. The lowest BCUT2D eigenvalue weighted by Gasteiger charge is -2.23. The molecule has 2 unspecified atom stereocenters. The molecule has 6 heteroatoms. The fourth-order valence-corrected chi connectivity index (χ4v) is 3.90. The number of amides is 1. The lowest BCUT2D eigenvalue weighted by Crippen LogP contribution is -2.23. The molecule has 2 aliphatic rings. The molecule has 0 radical (unpaired) electrons. The Labute approximate surface area is 137 Å². The van der Waals surface area contributed by atoms with Crippen LogP contribution in [-0.4, -0.2) is 24.0 Å². The van der Waals surface area contributed by atoms with E-state index in [0.717, 1.165) is 5.56 Å². The Hall–Kier alpha value is -2.63. The number of ether oxygens (including phenoxy) is 1. The first-order valence-electron chi connectivity index (χ1n) is 7.80. The Morgan fingerprint density at radius 1 is 1.17 bits per heavy atom. The molecule has 0 saturated carbocycles. The Kier molecular flexibility index (Phi) is 3.40. The lowest BCUT2D eigenvalue weighted by molar-refractivity contribution is -0.0507. The van der Waals surface area contributed by atoms with Crippen LogP contribution < -0.4 is 10.5 Å². The Balaban J connectivity index is 1.78. The molecule has 4 rings (SSSR count). The van der Waals surface area contributed by atoms with Crippen LogP contribution in [0.25, 0.3) is 0 Å². The normalized spacial score (nSPS) is 22.0. The van der Waals surface area contributed by atoms with Crippen molar-refractivity contribution in [3.63, 3.8) is 0 Å². The van der Waals surface area contributed by atoms with Gasteiger partial charge in [0.15, 0.2) is 0 Å². The fourth-order valence-electron chi connectivity index (χ4n) is 3.90. The summed E-state index contributed by atoms with van der Waals surface area (Å²) in [5.74, 6) is 0.0564. The first-order chi connectivity index (χ1) is 11.6. The monoisotopic (exact) mass is 330 g/mol. The summed E-state index contributed by atoms with van der Waals surface area (Å²) >= 11 is 0. The quantitative estimate of drug-likeness (QED) is 0.876. The molecule has 0 aliphatic carbocycles. The second-order valence-electron chi connectivity index (χ2n) is 6.10. The highest BCUT2D eigenvalue weighted by Gasteiger charge is 2.46. The van der Waals surface area contributed by atoms with Gasteiger partial charge in [-0.15, -0.1) is 0 Å². The molecular formula is C18H16F2N2O2. The predicted octanol–water partition coefficient (Wildman–Crippen LogP) is 3.55. The number of hydrogen-bond donors (Lipinski definition) is 1. The van der Waals surface area contributed by atoms with Gasteiger partial charge in [0.05, 0.1) is 6.04 Å². The number of nitrogens with two attached hydrogens (primary N) is 1. The highest BCUT2D eigenvalue weighted by molar-refractivity contribution is 6.00. The van der Waals surface area contributed by atoms with Crippen molar-refractivity contribution in [2.24, 2.45) is 0 Å². The van der Waals surface area contributed by atoms with Gasteiger partial charge in [0.1, 0.15) is 5.75 Å².